The lowest BCUT2D eigenvalue weighted by atomic mass is 9.94. The van der Waals surface area contributed by atoms with Gasteiger partial charge in [-0.25, -0.2) is 4.39 Å². The van der Waals surface area contributed by atoms with Crippen LogP contribution in [0, 0.1) is 5.82 Å². The highest BCUT2D eigenvalue weighted by Gasteiger charge is 2.22. The van der Waals surface area contributed by atoms with Crippen LogP contribution in [0.1, 0.15) is 19.4 Å². The molecule has 0 aliphatic rings. The van der Waals surface area contributed by atoms with Gasteiger partial charge in [-0.3, -0.25) is 4.79 Å². The van der Waals surface area contributed by atoms with E-state index in [9.17, 15) is 9.18 Å². The molecule has 19 heavy (non-hydrogen) atoms. The van der Waals surface area contributed by atoms with Gasteiger partial charge in [0.05, 0.1) is 13.7 Å². The first-order valence-corrected chi connectivity index (χ1v) is 6.16. The fourth-order valence-corrected chi connectivity index (χ4v) is 1.99. The molecule has 0 unspecified atom stereocenters. The number of carbonyl (C=O) groups excluding carboxylic acids is 1. The molecule has 1 aromatic carbocycles. The zero-order chi connectivity index (χ0) is 14.5. The molecule has 0 aromatic heterocycles. The zero-order valence-corrected chi connectivity index (χ0v) is 11.8. The van der Waals surface area contributed by atoms with Crippen LogP contribution in [0.5, 0.6) is 5.75 Å². The van der Waals surface area contributed by atoms with Crippen molar-refractivity contribution >= 4 is 5.91 Å². The summed E-state index contributed by atoms with van der Waals surface area (Å²) in [7, 11) is 3.26. The number of ether oxygens (including phenoxy) is 1. The van der Waals surface area contributed by atoms with Crippen molar-refractivity contribution in [1.29, 1.82) is 0 Å². The Morgan fingerprint density at radius 1 is 1.42 bits per heavy atom. The zero-order valence-electron chi connectivity index (χ0n) is 11.8. The van der Waals surface area contributed by atoms with E-state index in [-0.39, 0.29) is 18.3 Å². The maximum absolute atomic E-state index is 13.3. The van der Waals surface area contributed by atoms with Gasteiger partial charge in [-0.15, -0.1) is 0 Å². The number of hydrogen-bond donors (Lipinski definition) is 2. The number of methoxy groups -OCH3 is 1. The lowest BCUT2D eigenvalue weighted by Crippen LogP contribution is -2.48. The van der Waals surface area contributed by atoms with Gasteiger partial charge in [-0.2, -0.15) is 0 Å². The van der Waals surface area contributed by atoms with E-state index in [1.165, 1.54) is 12.1 Å². The summed E-state index contributed by atoms with van der Waals surface area (Å²) in [5, 5.41) is 5.69. The van der Waals surface area contributed by atoms with Crippen molar-refractivity contribution in [2.75, 3.05) is 20.7 Å². The third kappa shape index (κ3) is 4.87. The summed E-state index contributed by atoms with van der Waals surface area (Å²) in [6.07, 6.45) is 0.489. The van der Waals surface area contributed by atoms with E-state index in [0.717, 1.165) is 5.56 Å². The molecule has 4 nitrogen and oxygen atoms in total. The molecular weight excluding hydrogens is 247 g/mol. The van der Waals surface area contributed by atoms with Gasteiger partial charge in [-0.05, 0) is 51.1 Å². The van der Waals surface area contributed by atoms with Gasteiger partial charge in [0.15, 0.2) is 0 Å². The van der Waals surface area contributed by atoms with E-state index in [1.54, 1.807) is 20.2 Å². The Balaban J connectivity index is 2.82. The Morgan fingerprint density at radius 2 is 2.11 bits per heavy atom. The average Bonchev–Trinajstić information content (AvgIpc) is 2.28. The molecule has 5 heteroatoms. The summed E-state index contributed by atoms with van der Waals surface area (Å²) in [4.78, 5) is 11.6. The molecule has 0 aliphatic heterocycles. The fourth-order valence-electron chi connectivity index (χ4n) is 1.99. The molecule has 0 bridgehead atoms. The van der Waals surface area contributed by atoms with Crippen molar-refractivity contribution in [2.45, 2.75) is 25.8 Å². The van der Waals surface area contributed by atoms with Gasteiger partial charge in [0.2, 0.25) is 5.91 Å². The molecule has 2 N–H and O–H groups in total. The van der Waals surface area contributed by atoms with Crippen molar-refractivity contribution < 1.29 is 13.9 Å². The van der Waals surface area contributed by atoms with Gasteiger partial charge in [0, 0.05) is 5.54 Å². The first-order chi connectivity index (χ1) is 8.88. The summed E-state index contributed by atoms with van der Waals surface area (Å²) in [6.45, 7) is 4.04. The van der Waals surface area contributed by atoms with Crippen molar-refractivity contribution in [3.8, 4) is 5.75 Å². The standard InChI is InChI=1S/C14H21FN2O2/c1-14(2,17-13(18)9-16-3)8-10-7-11(15)5-6-12(10)19-4/h5-7,16H,8-9H2,1-4H3,(H,17,18). The Hall–Kier alpha value is -1.62. The second-order valence-corrected chi connectivity index (χ2v) is 5.10. The summed E-state index contributed by atoms with van der Waals surface area (Å²) in [6, 6.07) is 4.38. The van der Waals surface area contributed by atoms with Crippen LogP contribution in [0.15, 0.2) is 18.2 Å². The molecular formula is C14H21FN2O2. The summed E-state index contributed by atoms with van der Waals surface area (Å²) < 4.78 is 18.5. The Kier molecular flexibility index (Phi) is 5.30. The highest BCUT2D eigenvalue weighted by Crippen LogP contribution is 2.24. The first-order valence-electron chi connectivity index (χ1n) is 6.16. The summed E-state index contributed by atoms with van der Waals surface area (Å²) in [5.41, 5.74) is 0.256. The lowest BCUT2D eigenvalue weighted by molar-refractivity contribution is -0.121. The molecule has 0 saturated carbocycles. The van der Waals surface area contributed by atoms with Crippen molar-refractivity contribution in [3.05, 3.63) is 29.6 Å². The van der Waals surface area contributed by atoms with Gasteiger partial charge in [-0.1, -0.05) is 0 Å². The molecule has 0 fully saturated rings. The van der Waals surface area contributed by atoms with E-state index in [2.05, 4.69) is 10.6 Å². The van der Waals surface area contributed by atoms with E-state index in [0.29, 0.717) is 12.2 Å². The number of amides is 1. The van der Waals surface area contributed by atoms with Crippen LogP contribution in [0.3, 0.4) is 0 Å². The molecule has 0 heterocycles. The van der Waals surface area contributed by atoms with Crippen molar-refractivity contribution in [1.82, 2.24) is 10.6 Å². The van der Waals surface area contributed by atoms with Crippen molar-refractivity contribution in [2.24, 2.45) is 0 Å². The molecule has 1 aromatic rings. The number of carbonyl (C=O) groups is 1. The van der Waals surface area contributed by atoms with Gasteiger partial charge < -0.3 is 15.4 Å². The minimum Gasteiger partial charge on any atom is -0.496 e. The van der Waals surface area contributed by atoms with E-state index in [4.69, 9.17) is 4.74 Å². The third-order valence-electron chi connectivity index (χ3n) is 2.69. The monoisotopic (exact) mass is 268 g/mol. The van der Waals surface area contributed by atoms with E-state index >= 15 is 0 Å². The second-order valence-electron chi connectivity index (χ2n) is 5.10. The van der Waals surface area contributed by atoms with Crippen LogP contribution >= 0.6 is 0 Å². The molecule has 0 saturated heterocycles. The molecule has 106 valence electrons. The predicted molar refractivity (Wildman–Crippen MR) is 72.8 cm³/mol. The Bertz CT molecular complexity index is 447. The van der Waals surface area contributed by atoms with Crippen LogP contribution in [0.2, 0.25) is 0 Å². The molecule has 0 aliphatic carbocycles. The number of rotatable bonds is 6. The highest BCUT2D eigenvalue weighted by molar-refractivity contribution is 5.78. The van der Waals surface area contributed by atoms with Crippen molar-refractivity contribution in [3.63, 3.8) is 0 Å². The number of nitrogens with one attached hydrogen (secondary N) is 2. The van der Waals surface area contributed by atoms with Crippen LogP contribution in [-0.4, -0.2) is 32.1 Å². The topological polar surface area (TPSA) is 50.4 Å². The molecule has 0 atom stereocenters. The number of likely N-dealkylation sites (N-methyl/N-ethyl adjacent to an activating group) is 1. The minimum atomic E-state index is -0.477. The first kappa shape index (κ1) is 15.4. The normalized spacial score (nSPS) is 11.2. The van der Waals surface area contributed by atoms with Crippen LogP contribution in [0.4, 0.5) is 4.39 Å². The van der Waals surface area contributed by atoms with Crippen LogP contribution in [0.25, 0.3) is 0 Å². The Labute approximate surface area is 113 Å². The summed E-state index contributed by atoms with van der Waals surface area (Å²) in [5.74, 6) is 0.216. The van der Waals surface area contributed by atoms with Gasteiger partial charge in [0.1, 0.15) is 11.6 Å². The molecule has 1 amide bonds. The maximum Gasteiger partial charge on any atom is 0.234 e. The average molecular weight is 268 g/mol. The van der Waals surface area contributed by atoms with Gasteiger partial charge in [0.25, 0.3) is 0 Å². The quantitative estimate of drug-likeness (QED) is 0.822. The van der Waals surface area contributed by atoms with Crippen LogP contribution in [-0.2, 0) is 11.2 Å². The van der Waals surface area contributed by atoms with Gasteiger partial charge >= 0.3 is 0 Å². The summed E-state index contributed by atoms with van der Waals surface area (Å²) >= 11 is 0. The smallest absolute Gasteiger partial charge is 0.234 e. The number of hydrogen-bond acceptors (Lipinski definition) is 3. The SMILES string of the molecule is CNCC(=O)NC(C)(C)Cc1cc(F)ccc1OC. The van der Waals surface area contributed by atoms with E-state index in [1.807, 2.05) is 13.8 Å². The number of benzene rings is 1. The highest BCUT2D eigenvalue weighted by atomic mass is 19.1. The largest absolute Gasteiger partial charge is 0.496 e. The molecule has 1 rings (SSSR count). The fraction of sp³-hybridized carbons (Fsp3) is 0.500. The predicted octanol–water partition coefficient (Wildman–Crippen LogP) is 1.49. The second kappa shape index (κ2) is 6.52. The van der Waals surface area contributed by atoms with Crippen LogP contribution < -0.4 is 15.4 Å². The van der Waals surface area contributed by atoms with E-state index < -0.39 is 5.54 Å². The molecule has 0 spiro atoms. The lowest BCUT2D eigenvalue weighted by Gasteiger charge is -2.27. The number of halogens is 1. The Morgan fingerprint density at radius 3 is 2.68 bits per heavy atom. The molecule has 0 radical (unpaired) electrons. The minimum absolute atomic E-state index is 0.0946. The maximum atomic E-state index is 13.3. The third-order valence-corrected chi connectivity index (χ3v) is 2.69.